The van der Waals surface area contributed by atoms with E-state index in [2.05, 4.69) is 5.32 Å². The van der Waals surface area contributed by atoms with E-state index in [-0.39, 0.29) is 5.57 Å². The molecule has 1 spiro atoms. The van der Waals surface area contributed by atoms with Crippen LogP contribution in [-0.2, 0) is 24.7 Å². The Morgan fingerprint density at radius 2 is 2.04 bits per heavy atom. The molecule has 2 aliphatic heterocycles. The number of Topliss-reactive ketones (excluding diaryl/α,β-unsaturated/α-hetero) is 1. The zero-order chi connectivity index (χ0) is 16.6. The van der Waals surface area contributed by atoms with Crippen molar-refractivity contribution < 1.29 is 29.3 Å². The second-order valence-corrected chi connectivity index (χ2v) is 5.54. The highest BCUT2D eigenvalue weighted by molar-refractivity contribution is 6.27. The number of nitrogens with zero attached hydrogens (tertiary/aromatic N) is 1. The summed E-state index contributed by atoms with van der Waals surface area (Å²) in [7, 11) is 0. The molecular formula is C15H16N2O6. The number of hydrogen-bond acceptors (Lipinski definition) is 5. The zero-order valence-electron chi connectivity index (χ0n) is 12.2. The first kappa shape index (κ1) is 15.3. The Morgan fingerprint density at radius 3 is 2.70 bits per heavy atom. The summed E-state index contributed by atoms with van der Waals surface area (Å²) >= 11 is 0. The standard InChI is InChI=1S/C15H16N2O6/c18-10(19)8-16-14(22)11-12(20)9-2-1-5-17(9)15(13(11)21)3-6-23-7-4-15/h1-2,5,20H,3-4,6-8H2,(H,16,22)(H,18,19). The maximum atomic E-state index is 13.0. The second-order valence-electron chi connectivity index (χ2n) is 5.54. The van der Waals surface area contributed by atoms with Gasteiger partial charge >= 0.3 is 5.97 Å². The highest BCUT2D eigenvalue weighted by Crippen LogP contribution is 2.40. The lowest BCUT2D eigenvalue weighted by molar-refractivity contribution is -0.138. The van der Waals surface area contributed by atoms with Crippen LogP contribution in [0.25, 0.3) is 5.76 Å². The molecule has 3 N–H and O–H groups in total. The maximum absolute atomic E-state index is 13.0. The predicted molar refractivity (Wildman–Crippen MR) is 77.7 cm³/mol. The van der Waals surface area contributed by atoms with Crippen molar-refractivity contribution in [3.63, 3.8) is 0 Å². The zero-order valence-corrected chi connectivity index (χ0v) is 12.2. The number of carboxylic acids is 1. The van der Waals surface area contributed by atoms with Gasteiger partial charge in [0, 0.05) is 32.3 Å². The van der Waals surface area contributed by atoms with Gasteiger partial charge < -0.3 is 24.8 Å². The fourth-order valence-electron chi connectivity index (χ4n) is 3.16. The molecule has 1 aromatic heterocycles. The number of carbonyl (C=O) groups is 3. The molecule has 2 aliphatic rings. The minimum atomic E-state index is -1.23. The van der Waals surface area contributed by atoms with Crippen molar-refractivity contribution in [2.24, 2.45) is 0 Å². The number of hydrogen-bond donors (Lipinski definition) is 3. The van der Waals surface area contributed by atoms with Gasteiger partial charge in [0.1, 0.15) is 17.7 Å². The van der Waals surface area contributed by atoms with E-state index in [1.807, 2.05) is 0 Å². The fourth-order valence-corrected chi connectivity index (χ4v) is 3.16. The van der Waals surface area contributed by atoms with Crippen LogP contribution in [0.1, 0.15) is 18.5 Å². The molecule has 122 valence electrons. The van der Waals surface area contributed by atoms with Gasteiger partial charge in [0.25, 0.3) is 5.91 Å². The number of aliphatic hydroxyl groups excluding tert-OH is 1. The third-order valence-corrected chi connectivity index (χ3v) is 4.29. The lowest BCUT2D eigenvalue weighted by atomic mass is 9.78. The molecule has 0 bridgehead atoms. The first-order valence-corrected chi connectivity index (χ1v) is 7.21. The maximum Gasteiger partial charge on any atom is 0.322 e. The Morgan fingerprint density at radius 1 is 1.35 bits per heavy atom. The van der Waals surface area contributed by atoms with Crippen LogP contribution >= 0.6 is 0 Å². The topological polar surface area (TPSA) is 118 Å². The number of rotatable bonds is 3. The van der Waals surface area contributed by atoms with Crippen LogP contribution in [0.15, 0.2) is 23.9 Å². The molecule has 23 heavy (non-hydrogen) atoms. The number of carboxylic acid groups (broad SMARTS) is 1. The minimum Gasteiger partial charge on any atom is -0.505 e. The number of nitrogens with one attached hydrogen (secondary N) is 1. The molecule has 3 rings (SSSR count). The summed E-state index contributed by atoms with van der Waals surface area (Å²) in [6.07, 6.45) is 2.47. The quantitative estimate of drug-likeness (QED) is 0.677. The molecule has 1 fully saturated rings. The number of carbonyl (C=O) groups excluding carboxylic acids is 2. The molecule has 3 heterocycles. The monoisotopic (exact) mass is 320 g/mol. The van der Waals surface area contributed by atoms with Crippen molar-refractivity contribution in [2.45, 2.75) is 18.4 Å². The van der Waals surface area contributed by atoms with Gasteiger partial charge in [0.15, 0.2) is 11.5 Å². The molecule has 0 saturated carbocycles. The molecule has 0 aliphatic carbocycles. The van der Waals surface area contributed by atoms with Gasteiger partial charge in [-0.15, -0.1) is 0 Å². The summed E-state index contributed by atoms with van der Waals surface area (Å²) < 4.78 is 7.00. The summed E-state index contributed by atoms with van der Waals surface area (Å²) in [6, 6.07) is 3.30. The molecular weight excluding hydrogens is 304 g/mol. The molecule has 8 nitrogen and oxygen atoms in total. The lowest BCUT2D eigenvalue weighted by Crippen LogP contribution is -2.52. The summed E-state index contributed by atoms with van der Waals surface area (Å²) in [5, 5.41) is 21.1. The first-order valence-electron chi connectivity index (χ1n) is 7.21. The summed E-state index contributed by atoms with van der Waals surface area (Å²) in [6.45, 7) is 0.113. The number of ether oxygens (including phenoxy) is 1. The summed E-state index contributed by atoms with van der Waals surface area (Å²) in [5.74, 6) is -3.05. The lowest BCUT2D eigenvalue weighted by Gasteiger charge is -2.41. The molecule has 0 atom stereocenters. The normalized spacial score (nSPS) is 19.6. The third-order valence-electron chi connectivity index (χ3n) is 4.29. The molecule has 1 saturated heterocycles. The Balaban J connectivity index is 2.05. The Hall–Kier alpha value is -2.61. The first-order chi connectivity index (χ1) is 11.0. The van der Waals surface area contributed by atoms with Crippen LogP contribution in [0.3, 0.4) is 0 Å². The van der Waals surface area contributed by atoms with Crippen LogP contribution in [0, 0.1) is 0 Å². The molecule has 1 aromatic rings. The van der Waals surface area contributed by atoms with Gasteiger partial charge in [-0.2, -0.15) is 0 Å². The summed E-state index contributed by atoms with van der Waals surface area (Å²) in [4.78, 5) is 35.8. The molecule has 1 amide bonds. The van der Waals surface area contributed by atoms with Gasteiger partial charge in [-0.25, -0.2) is 0 Å². The van der Waals surface area contributed by atoms with E-state index >= 15 is 0 Å². The average Bonchev–Trinajstić information content (AvgIpc) is 3.03. The van der Waals surface area contributed by atoms with Crippen molar-refractivity contribution in [3.8, 4) is 0 Å². The van der Waals surface area contributed by atoms with Crippen molar-refractivity contribution in [1.29, 1.82) is 0 Å². The highest BCUT2D eigenvalue weighted by atomic mass is 16.5. The molecule has 0 unspecified atom stereocenters. The van der Waals surface area contributed by atoms with E-state index in [0.29, 0.717) is 31.7 Å². The van der Waals surface area contributed by atoms with Gasteiger partial charge in [0.05, 0.1) is 5.69 Å². The van der Waals surface area contributed by atoms with E-state index < -0.39 is 35.5 Å². The van der Waals surface area contributed by atoms with Gasteiger partial charge in [-0.1, -0.05) is 0 Å². The average molecular weight is 320 g/mol. The fraction of sp³-hybridized carbons (Fsp3) is 0.400. The van der Waals surface area contributed by atoms with Gasteiger partial charge in [0.2, 0.25) is 0 Å². The van der Waals surface area contributed by atoms with Crippen LogP contribution in [-0.4, -0.2) is 52.2 Å². The van der Waals surface area contributed by atoms with Crippen LogP contribution < -0.4 is 5.32 Å². The van der Waals surface area contributed by atoms with E-state index in [9.17, 15) is 19.5 Å². The van der Waals surface area contributed by atoms with Crippen molar-refractivity contribution in [2.75, 3.05) is 19.8 Å². The third kappa shape index (κ3) is 2.31. The predicted octanol–water partition coefficient (Wildman–Crippen LogP) is 0.0464. The second kappa shape index (κ2) is 5.54. The number of ketones is 1. The number of aromatic nitrogens is 1. The largest absolute Gasteiger partial charge is 0.505 e. The Bertz CT molecular complexity index is 711. The number of amides is 1. The van der Waals surface area contributed by atoms with Crippen LogP contribution in [0.5, 0.6) is 0 Å². The number of fused-ring (bicyclic) bond motifs is 2. The smallest absolute Gasteiger partial charge is 0.322 e. The van der Waals surface area contributed by atoms with Crippen molar-refractivity contribution in [1.82, 2.24) is 9.88 Å². The number of aliphatic carboxylic acids is 1. The van der Waals surface area contributed by atoms with Gasteiger partial charge in [-0.3, -0.25) is 14.4 Å². The van der Waals surface area contributed by atoms with Gasteiger partial charge in [-0.05, 0) is 12.1 Å². The van der Waals surface area contributed by atoms with Crippen molar-refractivity contribution >= 4 is 23.4 Å². The SMILES string of the molecule is O=C(O)CNC(=O)C1=C(O)c2cccn2C2(CCOCC2)C1=O. The highest BCUT2D eigenvalue weighted by Gasteiger charge is 2.49. The van der Waals surface area contributed by atoms with Crippen molar-refractivity contribution in [3.05, 3.63) is 29.6 Å². The Kier molecular flexibility index (Phi) is 3.69. The van der Waals surface area contributed by atoms with E-state index in [1.54, 1.807) is 22.9 Å². The van der Waals surface area contributed by atoms with Crippen LogP contribution in [0.4, 0.5) is 0 Å². The van der Waals surface area contributed by atoms with Crippen LogP contribution in [0.2, 0.25) is 0 Å². The minimum absolute atomic E-state index is 0.368. The number of aliphatic hydroxyl groups is 1. The molecule has 8 heteroatoms. The Labute approximate surface area is 131 Å². The summed E-state index contributed by atoms with van der Waals surface area (Å²) in [5.41, 5.74) is -0.995. The molecule has 0 aromatic carbocycles. The van der Waals surface area contributed by atoms with E-state index in [1.165, 1.54) is 0 Å². The van der Waals surface area contributed by atoms with E-state index in [0.717, 1.165) is 0 Å². The molecule has 0 radical (unpaired) electrons. The van der Waals surface area contributed by atoms with E-state index in [4.69, 9.17) is 9.84 Å².